The Morgan fingerprint density at radius 3 is 2.63 bits per heavy atom. The maximum atomic E-state index is 12.9. The van der Waals surface area contributed by atoms with Crippen LogP contribution in [0.4, 0.5) is 0 Å². The molecule has 0 spiro atoms. The summed E-state index contributed by atoms with van der Waals surface area (Å²) in [4.78, 5) is 42.0. The monoisotopic (exact) mass is 391 g/mol. The number of amides is 1. The fraction of sp³-hybridized carbons (Fsp3) is 0.579. The third kappa shape index (κ3) is 4.21. The molecule has 0 radical (unpaired) electrons. The van der Waals surface area contributed by atoms with Gasteiger partial charge in [0.05, 0.1) is 5.39 Å². The van der Waals surface area contributed by atoms with E-state index in [2.05, 4.69) is 4.98 Å². The molecule has 0 atom stereocenters. The molecule has 2 heterocycles. The van der Waals surface area contributed by atoms with Gasteiger partial charge in [-0.15, -0.1) is 11.3 Å². The maximum Gasteiger partial charge on any atom is 0.348 e. The first-order valence-electron chi connectivity index (χ1n) is 9.38. The Labute approximate surface area is 161 Å². The van der Waals surface area contributed by atoms with Crippen molar-refractivity contribution in [2.24, 2.45) is 5.73 Å². The second kappa shape index (κ2) is 8.21. The summed E-state index contributed by atoms with van der Waals surface area (Å²) in [7, 11) is 0. The van der Waals surface area contributed by atoms with Crippen molar-refractivity contribution in [2.45, 2.75) is 71.4 Å². The lowest BCUT2D eigenvalue weighted by molar-refractivity contribution is -0.118. The highest BCUT2D eigenvalue weighted by atomic mass is 32.1. The first-order valence-corrected chi connectivity index (χ1v) is 10.2. The van der Waals surface area contributed by atoms with Crippen LogP contribution in [0, 0.1) is 13.8 Å². The number of hydrogen-bond acceptors (Lipinski definition) is 6. The van der Waals surface area contributed by atoms with Gasteiger partial charge in [0.1, 0.15) is 21.6 Å². The van der Waals surface area contributed by atoms with Gasteiger partial charge < -0.3 is 10.5 Å². The standard InChI is InChI=1S/C19H25N3O4S/c1-11-15-17(21-12(2)22(18(15)24)10-6-9-14(20)23)27-16(11)19(25)26-13-7-4-3-5-8-13/h13H,3-10H2,1-2H3,(H2,20,23). The number of primary amides is 1. The average Bonchev–Trinajstić information content (AvgIpc) is 2.95. The normalized spacial score (nSPS) is 15.2. The molecule has 2 N–H and O–H groups in total. The largest absolute Gasteiger partial charge is 0.458 e. The first-order chi connectivity index (χ1) is 12.9. The van der Waals surface area contributed by atoms with Crippen LogP contribution in [0.3, 0.4) is 0 Å². The molecule has 0 aliphatic heterocycles. The molecular weight excluding hydrogens is 366 g/mol. The first kappa shape index (κ1) is 19.5. The Balaban J connectivity index is 1.89. The molecule has 0 unspecified atom stereocenters. The van der Waals surface area contributed by atoms with Gasteiger partial charge in [-0.25, -0.2) is 9.78 Å². The fourth-order valence-corrected chi connectivity index (χ4v) is 4.68. The summed E-state index contributed by atoms with van der Waals surface area (Å²) in [5.74, 6) is -0.195. The molecule has 27 heavy (non-hydrogen) atoms. The Morgan fingerprint density at radius 2 is 1.96 bits per heavy atom. The topological polar surface area (TPSA) is 104 Å². The van der Waals surface area contributed by atoms with Crippen molar-refractivity contribution in [1.82, 2.24) is 9.55 Å². The zero-order valence-corrected chi connectivity index (χ0v) is 16.6. The molecule has 1 aliphatic rings. The number of carbonyl (C=O) groups excluding carboxylic acids is 2. The molecule has 7 nitrogen and oxygen atoms in total. The zero-order valence-electron chi connectivity index (χ0n) is 15.7. The molecule has 1 fully saturated rings. The quantitative estimate of drug-likeness (QED) is 0.763. The number of esters is 1. The van der Waals surface area contributed by atoms with E-state index >= 15 is 0 Å². The number of aryl methyl sites for hydroxylation is 2. The summed E-state index contributed by atoms with van der Waals surface area (Å²) < 4.78 is 7.21. The molecule has 1 aliphatic carbocycles. The highest BCUT2D eigenvalue weighted by molar-refractivity contribution is 7.20. The number of nitrogens with two attached hydrogens (primary N) is 1. The number of nitrogens with zero attached hydrogens (tertiary/aromatic N) is 2. The van der Waals surface area contributed by atoms with E-state index in [1.54, 1.807) is 18.4 Å². The Kier molecular flexibility index (Phi) is 5.94. The third-order valence-electron chi connectivity index (χ3n) is 5.06. The van der Waals surface area contributed by atoms with Crippen molar-refractivity contribution in [1.29, 1.82) is 0 Å². The molecule has 0 saturated heterocycles. The van der Waals surface area contributed by atoms with Crippen LogP contribution in [0.2, 0.25) is 0 Å². The van der Waals surface area contributed by atoms with Gasteiger partial charge in [0.25, 0.3) is 5.56 Å². The lowest BCUT2D eigenvalue weighted by atomic mass is 9.98. The number of aromatic nitrogens is 2. The van der Waals surface area contributed by atoms with E-state index in [-0.39, 0.29) is 24.1 Å². The smallest absolute Gasteiger partial charge is 0.348 e. The lowest BCUT2D eigenvalue weighted by Gasteiger charge is -2.21. The average molecular weight is 391 g/mol. The number of carbonyl (C=O) groups is 2. The number of fused-ring (bicyclic) bond motifs is 1. The van der Waals surface area contributed by atoms with Crippen molar-refractivity contribution in [3.8, 4) is 0 Å². The zero-order chi connectivity index (χ0) is 19.6. The molecule has 146 valence electrons. The van der Waals surface area contributed by atoms with Gasteiger partial charge >= 0.3 is 5.97 Å². The Hall–Kier alpha value is -2.22. The summed E-state index contributed by atoms with van der Waals surface area (Å²) in [5.41, 5.74) is 5.60. The van der Waals surface area contributed by atoms with E-state index in [0.717, 1.165) is 25.7 Å². The third-order valence-corrected chi connectivity index (χ3v) is 6.22. The maximum absolute atomic E-state index is 12.9. The Morgan fingerprint density at radius 1 is 1.26 bits per heavy atom. The molecule has 1 saturated carbocycles. The lowest BCUT2D eigenvalue weighted by Crippen LogP contribution is -2.25. The van der Waals surface area contributed by atoms with Gasteiger partial charge in [-0.1, -0.05) is 6.42 Å². The van der Waals surface area contributed by atoms with Crippen molar-refractivity contribution in [3.05, 3.63) is 26.6 Å². The SMILES string of the molecule is Cc1c(C(=O)OC2CCCCC2)sc2nc(C)n(CCCC(N)=O)c(=O)c12. The highest BCUT2D eigenvalue weighted by Crippen LogP contribution is 2.30. The van der Waals surface area contributed by atoms with E-state index in [1.165, 1.54) is 17.8 Å². The van der Waals surface area contributed by atoms with Gasteiger partial charge in [-0.3, -0.25) is 14.2 Å². The number of thiophene rings is 1. The predicted octanol–water partition coefficient (Wildman–Crippen LogP) is 2.83. The molecule has 2 aromatic rings. The summed E-state index contributed by atoms with van der Waals surface area (Å²) in [6.07, 6.45) is 5.82. The van der Waals surface area contributed by atoms with Gasteiger partial charge in [0.15, 0.2) is 0 Å². The second-order valence-electron chi connectivity index (χ2n) is 7.09. The minimum Gasteiger partial charge on any atom is -0.458 e. The van der Waals surface area contributed by atoms with Crippen molar-refractivity contribution >= 4 is 33.4 Å². The molecule has 2 aromatic heterocycles. The van der Waals surface area contributed by atoms with Gasteiger partial charge in [0.2, 0.25) is 5.91 Å². The van der Waals surface area contributed by atoms with E-state index in [4.69, 9.17) is 10.5 Å². The summed E-state index contributed by atoms with van der Waals surface area (Å²) in [5, 5.41) is 0.459. The molecule has 0 aromatic carbocycles. The minimum absolute atomic E-state index is 0.0315. The van der Waals surface area contributed by atoms with Gasteiger partial charge in [-0.05, 0) is 51.5 Å². The molecule has 0 bridgehead atoms. The Bertz CT molecular complexity index is 925. The van der Waals surface area contributed by atoms with Crippen LogP contribution in [-0.2, 0) is 16.1 Å². The number of rotatable bonds is 6. The van der Waals surface area contributed by atoms with Crippen LogP contribution >= 0.6 is 11.3 Å². The van der Waals surface area contributed by atoms with Crippen molar-refractivity contribution in [3.63, 3.8) is 0 Å². The molecule has 8 heteroatoms. The fourth-order valence-electron chi connectivity index (χ4n) is 3.58. The van der Waals surface area contributed by atoms with Crippen LogP contribution in [0.15, 0.2) is 4.79 Å². The van der Waals surface area contributed by atoms with E-state index in [0.29, 0.717) is 39.4 Å². The van der Waals surface area contributed by atoms with Gasteiger partial charge in [-0.2, -0.15) is 0 Å². The van der Waals surface area contributed by atoms with E-state index < -0.39 is 5.91 Å². The van der Waals surface area contributed by atoms with E-state index in [1.807, 2.05) is 0 Å². The number of hydrogen-bond donors (Lipinski definition) is 1. The van der Waals surface area contributed by atoms with E-state index in [9.17, 15) is 14.4 Å². The van der Waals surface area contributed by atoms with Crippen LogP contribution in [0.25, 0.3) is 10.2 Å². The van der Waals surface area contributed by atoms with Crippen molar-refractivity contribution < 1.29 is 14.3 Å². The van der Waals surface area contributed by atoms with Crippen LogP contribution in [0.1, 0.15) is 66.0 Å². The number of ether oxygens (including phenoxy) is 1. The molecule has 1 amide bonds. The summed E-state index contributed by atoms with van der Waals surface area (Å²) in [6, 6.07) is 0. The molecule has 3 rings (SSSR count). The van der Waals surface area contributed by atoms with Crippen molar-refractivity contribution in [2.75, 3.05) is 0 Å². The summed E-state index contributed by atoms with van der Waals surface area (Å²) >= 11 is 1.21. The summed E-state index contributed by atoms with van der Waals surface area (Å²) in [6.45, 7) is 3.89. The van der Waals surface area contributed by atoms with Gasteiger partial charge in [0, 0.05) is 13.0 Å². The minimum atomic E-state index is -0.394. The molecular formula is C19H25N3O4S. The highest BCUT2D eigenvalue weighted by Gasteiger charge is 2.24. The van der Waals surface area contributed by atoms with Crippen LogP contribution in [-0.4, -0.2) is 27.5 Å². The van der Waals surface area contributed by atoms with Crippen LogP contribution < -0.4 is 11.3 Å². The predicted molar refractivity (Wildman–Crippen MR) is 104 cm³/mol. The second-order valence-corrected chi connectivity index (χ2v) is 8.09. The van der Waals surface area contributed by atoms with Crippen LogP contribution in [0.5, 0.6) is 0 Å².